The van der Waals surface area contributed by atoms with Crippen LogP contribution in [-0.4, -0.2) is 40.5 Å². The predicted octanol–water partition coefficient (Wildman–Crippen LogP) is 0.688. The highest BCUT2D eigenvalue weighted by Crippen LogP contribution is 2.21. The maximum absolute atomic E-state index is 11.8. The van der Waals surface area contributed by atoms with Gasteiger partial charge in [0, 0.05) is 13.1 Å². The first-order chi connectivity index (χ1) is 8.41. The summed E-state index contributed by atoms with van der Waals surface area (Å²) in [5.41, 5.74) is -0.617. The van der Waals surface area contributed by atoms with Crippen LogP contribution in [0.25, 0.3) is 0 Å². The summed E-state index contributed by atoms with van der Waals surface area (Å²) in [7, 11) is 0. The monoisotopic (exact) mass is 252 g/mol. The van der Waals surface area contributed by atoms with E-state index in [1.165, 1.54) is 6.07 Å². The van der Waals surface area contributed by atoms with Crippen LogP contribution in [0.15, 0.2) is 16.5 Å². The Morgan fingerprint density at radius 2 is 2.28 bits per heavy atom. The molecule has 0 aromatic carbocycles. The first kappa shape index (κ1) is 12.6. The van der Waals surface area contributed by atoms with Crippen LogP contribution in [0.5, 0.6) is 0 Å². The fraction of sp³-hybridized carbons (Fsp3) is 0.500. The molecule has 1 aromatic heterocycles. The molecule has 18 heavy (non-hydrogen) atoms. The molecule has 1 saturated heterocycles. The number of aromatic carboxylic acids is 1. The van der Waals surface area contributed by atoms with E-state index < -0.39 is 11.5 Å². The molecule has 2 rings (SSSR count). The van der Waals surface area contributed by atoms with Gasteiger partial charge in [-0.25, -0.2) is 4.79 Å². The third-order valence-electron chi connectivity index (χ3n) is 3.23. The minimum atomic E-state index is -1.09. The maximum atomic E-state index is 11.8. The van der Waals surface area contributed by atoms with Gasteiger partial charge in [-0.15, -0.1) is 0 Å². The first-order valence-corrected chi connectivity index (χ1v) is 5.76. The second kappa shape index (κ2) is 4.45. The standard InChI is InChI=1S/C12H16N2O4/c1-12(2)11(17)13-5-6-14(12)7-8-3-4-9(18-8)10(15)16/h3-4H,5-7H2,1-2H3,(H,13,17)(H,15,16). The molecule has 2 heterocycles. The molecule has 1 aliphatic rings. The molecule has 1 aliphatic heterocycles. The third-order valence-corrected chi connectivity index (χ3v) is 3.23. The number of carbonyl (C=O) groups is 2. The highest BCUT2D eigenvalue weighted by Gasteiger charge is 2.37. The minimum absolute atomic E-state index is 0.0289. The molecule has 1 fully saturated rings. The Labute approximate surface area is 105 Å². The molecule has 1 amide bonds. The highest BCUT2D eigenvalue weighted by atomic mass is 16.4. The summed E-state index contributed by atoms with van der Waals surface area (Å²) in [6.07, 6.45) is 0. The minimum Gasteiger partial charge on any atom is -0.475 e. The quantitative estimate of drug-likeness (QED) is 0.827. The van der Waals surface area contributed by atoms with E-state index in [0.29, 0.717) is 25.4 Å². The molecule has 0 unspecified atom stereocenters. The fourth-order valence-electron chi connectivity index (χ4n) is 1.99. The molecule has 0 atom stereocenters. The Morgan fingerprint density at radius 3 is 2.89 bits per heavy atom. The van der Waals surface area contributed by atoms with Crippen LogP contribution in [-0.2, 0) is 11.3 Å². The van der Waals surface area contributed by atoms with Crippen LogP contribution >= 0.6 is 0 Å². The van der Waals surface area contributed by atoms with E-state index in [-0.39, 0.29) is 11.7 Å². The molecular weight excluding hydrogens is 236 g/mol. The van der Waals surface area contributed by atoms with Crippen molar-refractivity contribution in [2.45, 2.75) is 25.9 Å². The van der Waals surface area contributed by atoms with Crippen molar-refractivity contribution in [3.63, 3.8) is 0 Å². The first-order valence-electron chi connectivity index (χ1n) is 5.76. The number of hydrogen-bond acceptors (Lipinski definition) is 4. The number of nitrogens with zero attached hydrogens (tertiary/aromatic N) is 1. The van der Waals surface area contributed by atoms with Gasteiger partial charge >= 0.3 is 5.97 Å². The molecule has 1 aromatic rings. The summed E-state index contributed by atoms with van der Waals surface area (Å²) in [4.78, 5) is 24.4. The maximum Gasteiger partial charge on any atom is 0.371 e. The zero-order valence-electron chi connectivity index (χ0n) is 10.4. The lowest BCUT2D eigenvalue weighted by molar-refractivity contribution is -0.135. The molecular formula is C12H16N2O4. The van der Waals surface area contributed by atoms with Crippen LogP contribution < -0.4 is 5.32 Å². The van der Waals surface area contributed by atoms with E-state index in [4.69, 9.17) is 9.52 Å². The number of carboxylic acids is 1. The van der Waals surface area contributed by atoms with Gasteiger partial charge in [0.25, 0.3) is 0 Å². The van der Waals surface area contributed by atoms with Gasteiger partial charge in [0.05, 0.1) is 12.1 Å². The molecule has 98 valence electrons. The number of nitrogens with one attached hydrogen (secondary N) is 1. The number of hydrogen-bond donors (Lipinski definition) is 2. The topological polar surface area (TPSA) is 82.8 Å². The van der Waals surface area contributed by atoms with E-state index >= 15 is 0 Å². The smallest absolute Gasteiger partial charge is 0.371 e. The van der Waals surface area contributed by atoms with Crippen molar-refractivity contribution in [1.29, 1.82) is 0 Å². The van der Waals surface area contributed by atoms with Crippen LogP contribution in [0.3, 0.4) is 0 Å². The SMILES string of the molecule is CC1(C)C(=O)NCCN1Cc1ccc(C(=O)O)o1. The van der Waals surface area contributed by atoms with Gasteiger partial charge in [0.2, 0.25) is 11.7 Å². The summed E-state index contributed by atoms with van der Waals surface area (Å²) < 4.78 is 5.20. The van der Waals surface area contributed by atoms with Gasteiger partial charge in [-0.3, -0.25) is 9.69 Å². The van der Waals surface area contributed by atoms with E-state index in [1.54, 1.807) is 6.07 Å². The van der Waals surface area contributed by atoms with Gasteiger partial charge < -0.3 is 14.8 Å². The van der Waals surface area contributed by atoms with Crippen molar-refractivity contribution in [3.05, 3.63) is 23.7 Å². The largest absolute Gasteiger partial charge is 0.475 e. The lowest BCUT2D eigenvalue weighted by Crippen LogP contribution is -2.61. The summed E-state index contributed by atoms with van der Waals surface area (Å²) in [5, 5.41) is 11.6. The van der Waals surface area contributed by atoms with E-state index in [1.807, 2.05) is 18.7 Å². The van der Waals surface area contributed by atoms with Gasteiger partial charge in [-0.1, -0.05) is 0 Å². The van der Waals surface area contributed by atoms with E-state index in [9.17, 15) is 9.59 Å². The second-order valence-corrected chi connectivity index (χ2v) is 4.81. The number of rotatable bonds is 3. The molecule has 2 N–H and O–H groups in total. The molecule has 0 bridgehead atoms. The van der Waals surface area contributed by atoms with Crippen LogP contribution in [0, 0.1) is 0 Å². The second-order valence-electron chi connectivity index (χ2n) is 4.81. The number of carboxylic acid groups (broad SMARTS) is 1. The molecule has 0 saturated carbocycles. The summed E-state index contributed by atoms with van der Waals surface area (Å²) in [6.45, 7) is 5.40. The van der Waals surface area contributed by atoms with Crippen LogP contribution in [0.4, 0.5) is 0 Å². The van der Waals surface area contributed by atoms with Gasteiger partial charge in [0.1, 0.15) is 5.76 Å². The number of furan rings is 1. The van der Waals surface area contributed by atoms with Crippen LogP contribution in [0.2, 0.25) is 0 Å². The molecule has 6 nitrogen and oxygen atoms in total. The van der Waals surface area contributed by atoms with Crippen LogP contribution in [0.1, 0.15) is 30.2 Å². The summed E-state index contributed by atoms with van der Waals surface area (Å²) >= 11 is 0. The number of carbonyl (C=O) groups excluding carboxylic acids is 1. The summed E-state index contributed by atoms with van der Waals surface area (Å²) in [6, 6.07) is 3.06. The van der Waals surface area contributed by atoms with Crippen molar-refractivity contribution in [1.82, 2.24) is 10.2 Å². The highest BCUT2D eigenvalue weighted by molar-refractivity contribution is 5.86. The summed E-state index contributed by atoms with van der Waals surface area (Å²) in [5.74, 6) is -0.643. The zero-order valence-corrected chi connectivity index (χ0v) is 10.4. The Kier molecular flexibility index (Phi) is 3.13. The number of amides is 1. The van der Waals surface area contributed by atoms with Crippen molar-refractivity contribution < 1.29 is 19.1 Å². The van der Waals surface area contributed by atoms with Crippen molar-refractivity contribution in [3.8, 4) is 0 Å². The lowest BCUT2D eigenvalue weighted by Gasteiger charge is -2.40. The van der Waals surface area contributed by atoms with E-state index in [0.717, 1.165) is 0 Å². The molecule has 6 heteroatoms. The normalized spacial score (nSPS) is 19.6. The van der Waals surface area contributed by atoms with Gasteiger partial charge in [-0.2, -0.15) is 0 Å². The third kappa shape index (κ3) is 2.24. The molecule has 0 aliphatic carbocycles. The van der Waals surface area contributed by atoms with E-state index in [2.05, 4.69) is 5.32 Å². The average Bonchev–Trinajstić information content (AvgIpc) is 2.74. The molecule has 0 radical (unpaired) electrons. The average molecular weight is 252 g/mol. The van der Waals surface area contributed by atoms with Gasteiger partial charge in [0.15, 0.2) is 0 Å². The zero-order chi connectivity index (χ0) is 13.3. The Balaban J connectivity index is 2.12. The predicted molar refractivity (Wildman–Crippen MR) is 63.2 cm³/mol. The van der Waals surface area contributed by atoms with Crippen molar-refractivity contribution in [2.75, 3.05) is 13.1 Å². The van der Waals surface area contributed by atoms with Gasteiger partial charge in [-0.05, 0) is 26.0 Å². The Bertz CT molecular complexity index is 478. The lowest BCUT2D eigenvalue weighted by atomic mass is 9.99. The van der Waals surface area contributed by atoms with Crippen molar-refractivity contribution >= 4 is 11.9 Å². The fourth-order valence-corrected chi connectivity index (χ4v) is 1.99. The molecule has 0 spiro atoms. The van der Waals surface area contributed by atoms with Crippen molar-refractivity contribution in [2.24, 2.45) is 0 Å². The Hall–Kier alpha value is -1.82. The number of piperazine rings is 1. The Morgan fingerprint density at radius 1 is 1.56 bits per heavy atom.